The van der Waals surface area contributed by atoms with E-state index in [1.807, 2.05) is 18.2 Å². The number of aryl methyl sites for hydroxylation is 2. The summed E-state index contributed by atoms with van der Waals surface area (Å²) in [4.78, 5) is 13.9. The number of amides is 1. The highest BCUT2D eigenvalue weighted by molar-refractivity contribution is 5.84. The van der Waals surface area contributed by atoms with Crippen LogP contribution in [0.1, 0.15) is 24.2 Å². The number of hydrogen-bond acceptors (Lipinski definition) is 4. The molecule has 5 nitrogen and oxygen atoms in total. The van der Waals surface area contributed by atoms with Gasteiger partial charge in [-0.3, -0.25) is 4.79 Å². The van der Waals surface area contributed by atoms with Gasteiger partial charge in [0.2, 0.25) is 0 Å². The van der Waals surface area contributed by atoms with Gasteiger partial charge in [0, 0.05) is 30.5 Å². The van der Waals surface area contributed by atoms with Crippen molar-refractivity contribution in [2.24, 2.45) is 0 Å². The van der Waals surface area contributed by atoms with Gasteiger partial charge < -0.3 is 18.8 Å². The van der Waals surface area contributed by atoms with E-state index in [0.29, 0.717) is 26.3 Å². The summed E-state index contributed by atoms with van der Waals surface area (Å²) in [5, 5.41) is 1.14. The van der Waals surface area contributed by atoms with Gasteiger partial charge >= 0.3 is 0 Å². The molecule has 1 fully saturated rings. The summed E-state index contributed by atoms with van der Waals surface area (Å²) in [5.41, 5.74) is 2.24. The van der Waals surface area contributed by atoms with E-state index in [1.165, 1.54) is 18.4 Å². The van der Waals surface area contributed by atoms with Crippen LogP contribution in [0.15, 0.2) is 22.6 Å². The second kappa shape index (κ2) is 6.24. The van der Waals surface area contributed by atoms with Gasteiger partial charge in [0.1, 0.15) is 17.1 Å². The lowest BCUT2D eigenvalue weighted by molar-refractivity contribution is -0.137. The molecule has 1 aromatic carbocycles. The van der Waals surface area contributed by atoms with Gasteiger partial charge in [0.05, 0.1) is 13.2 Å². The Morgan fingerprint density at radius 2 is 2.00 bits per heavy atom. The van der Waals surface area contributed by atoms with E-state index in [1.54, 1.807) is 4.90 Å². The second-order valence-electron chi connectivity index (χ2n) is 6.15. The number of morpholine rings is 1. The van der Waals surface area contributed by atoms with Gasteiger partial charge in [-0.25, -0.2) is 0 Å². The lowest BCUT2D eigenvalue weighted by Crippen LogP contribution is -2.42. The zero-order valence-corrected chi connectivity index (χ0v) is 13.2. The SMILES string of the molecule is O=C(COc1ccc2oc3c(c2c1)CCCC3)N1CCOCC1. The first kappa shape index (κ1) is 14.6. The molecule has 1 aliphatic heterocycles. The van der Waals surface area contributed by atoms with Crippen LogP contribution in [0.25, 0.3) is 11.0 Å². The third-order valence-electron chi connectivity index (χ3n) is 4.65. The second-order valence-corrected chi connectivity index (χ2v) is 6.15. The summed E-state index contributed by atoms with van der Waals surface area (Å²) in [6, 6.07) is 5.83. The minimum Gasteiger partial charge on any atom is -0.484 e. The number of carbonyl (C=O) groups excluding carboxylic acids is 1. The molecule has 2 aromatic rings. The molecule has 5 heteroatoms. The van der Waals surface area contributed by atoms with Crippen LogP contribution in [0.2, 0.25) is 0 Å². The predicted octanol–water partition coefficient (Wildman–Crippen LogP) is 2.55. The Balaban J connectivity index is 1.47. The summed E-state index contributed by atoms with van der Waals surface area (Å²) < 4.78 is 16.9. The maximum Gasteiger partial charge on any atom is 0.260 e. The number of benzene rings is 1. The van der Waals surface area contributed by atoms with E-state index >= 15 is 0 Å². The predicted molar refractivity (Wildman–Crippen MR) is 85.8 cm³/mol. The molecular formula is C18H21NO4. The van der Waals surface area contributed by atoms with E-state index < -0.39 is 0 Å². The molecule has 1 amide bonds. The van der Waals surface area contributed by atoms with Gasteiger partial charge in [-0.05, 0) is 37.5 Å². The molecule has 2 aliphatic rings. The highest BCUT2D eigenvalue weighted by Gasteiger charge is 2.19. The molecule has 1 aromatic heterocycles. The molecule has 23 heavy (non-hydrogen) atoms. The maximum atomic E-state index is 12.1. The van der Waals surface area contributed by atoms with Gasteiger partial charge in [-0.2, -0.15) is 0 Å². The number of carbonyl (C=O) groups is 1. The lowest BCUT2D eigenvalue weighted by atomic mass is 9.96. The minimum atomic E-state index is 0.0163. The normalized spacial score (nSPS) is 18.0. The summed E-state index contributed by atoms with van der Waals surface area (Å²) >= 11 is 0. The summed E-state index contributed by atoms with van der Waals surface area (Å²) in [7, 11) is 0. The molecule has 0 spiro atoms. The third kappa shape index (κ3) is 2.93. The summed E-state index contributed by atoms with van der Waals surface area (Å²) in [6.45, 7) is 2.59. The Labute approximate surface area is 135 Å². The fraction of sp³-hybridized carbons (Fsp3) is 0.500. The zero-order chi connectivity index (χ0) is 15.6. The topological polar surface area (TPSA) is 51.9 Å². The van der Waals surface area contributed by atoms with Crippen molar-refractivity contribution in [3.63, 3.8) is 0 Å². The fourth-order valence-electron chi connectivity index (χ4n) is 3.38. The average Bonchev–Trinajstić information content (AvgIpc) is 2.98. The Kier molecular flexibility index (Phi) is 3.95. The number of hydrogen-bond donors (Lipinski definition) is 0. The van der Waals surface area contributed by atoms with Gasteiger partial charge in [0.15, 0.2) is 6.61 Å². The van der Waals surface area contributed by atoms with E-state index in [4.69, 9.17) is 13.9 Å². The number of rotatable bonds is 3. The van der Waals surface area contributed by atoms with E-state index in [-0.39, 0.29) is 12.5 Å². The van der Waals surface area contributed by atoms with Crippen LogP contribution in [0.5, 0.6) is 5.75 Å². The molecule has 0 unspecified atom stereocenters. The van der Waals surface area contributed by atoms with Crippen LogP contribution in [0.4, 0.5) is 0 Å². The van der Waals surface area contributed by atoms with Gasteiger partial charge in [-0.15, -0.1) is 0 Å². The molecule has 0 atom stereocenters. The first-order chi connectivity index (χ1) is 11.3. The average molecular weight is 315 g/mol. The van der Waals surface area contributed by atoms with Crippen molar-refractivity contribution in [2.75, 3.05) is 32.9 Å². The number of fused-ring (bicyclic) bond motifs is 3. The number of nitrogens with zero attached hydrogens (tertiary/aromatic N) is 1. The smallest absolute Gasteiger partial charge is 0.260 e. The molecule has 122 valence electrons. The first-order valence-corrected chi connectivity index (χ1v) is 8.34. The fourth-order valence-corrected chi connectivity index (χ4v) is 3.38. The summed E-state index contributed by atoms with van der Waals surface area (Å²) in [5.74, 6) is 1.86. The van der Waals surface area contributed by atoms with Crippen LogP contribution in [0.3, 0.4) is 0 Å². The third-order valence-corrected chi connectivity index (χ3v) is 4.65. The Hall–Kier alpha value is -2.01. The molecule has 4 rings (SSSR count). The van der Waals surface area contributed by atoms with Crippen LogP contribution >= 0.6 is 0 Å². The molecule has 0 radical (unpaired) electrons. The minimum absolute atomic E-state index is 0.0163. The highest BCUT2D eigenvalue weighted by atomic mass is 16.5. The molecule has 0 N–H and O–H groups in total. The Morgan fingerprint density at radius 1 is 1.17 bits per heavy atom. The molecule has 0 saturated carbocycles. The Morgan fingerprint density at radius 3 is 2.87 bits per heavy atom. The van der Waals surface area contributed by atoms with E-state index in [0.717, 1.165) is 35.3 Å². The molecule has 1 aliphatic carbocycles. The monoisotopic (exact) mass is 315 g/mol. The maximum absolute atomic E-state index is 12.1. The quantitative estimate of drug-likeness (QED) is 0.873. The standard InChI is InChI=1S/C18H21NO4/c20-18(19-7-9-21-10-8-19)12-22-13-5-6-17-15(11-13)14-3-1-2-4-16(14)23-17/h5-6,11H,1-4,7-10,12H2. The molecular weight excluding hydrogens is 294 g/mol. The van der Waals surface area contributed by atoms with Crippen molar-refractivity contribution in [3.8, 4) is 5.75 Å². The zero-order valence-electron chi connectivity index (χ0n) is 13.2. The lowest BCUT2D eigenvalue weighted by Gasteiger charge is -2.26. The van der Waals surface area contributed by atoms with Crippen LogP contribution in [-0.2, 0) is 22.4 Å². The molecule has 1 saturated heterocycles. The largest absolute Gasteiger partial charge is 0.484 e. The van der Waals surface area contributed by atoms with Crippen molar-refractivity contribution in [1.82, 2.24) is 4.90 Å². The van der Waals surface area contributed by atoms with Crippen molar-refractivity contribution >= 4 is 16.9 Å². The Bertz CT molecular complexity index is 715. The number of ether oxygens (including phenoxy) is 2. The van der Waals surface area contributed by atoms with Crippen molar-refractivity contribution in [1.29, 1.82) is 0 Å². The highest BCUT2D eigenvalue weighted by Crippen LogP contribution is 2.33. The molecule has 2 heterocycles. The number of furan rings is 1. The van der Waals surface area contributed by atoms with Crippen LogP contribution in [0, 0.1) is 0 Å². The summed E-state index contributed by atoms with van der Waals surface area (Å²) in [6.07, 6.45) is 4.50. The van der Waals surface area contributed by atoms with Crippen LogP contribution < -0.4 is 4.74 Å². The van der Waals surface area contributed by atoms with Crippen molar-refractivity contribution in [2.45, 2.75) is 25.7 Å². The first-order valence-electron chi connectivity index (χ1n) is 8.34. The van der Waals surface area contributed by atoms with Crippen LogP contribution in [-0.4, -0.2) is 43.7 Å². The van der Waals surface area contributed by atoms with E-state index in [2.05, 4.69) is 0 Å². The van der Waals surface area contributed by atoms with Crippen molar-refractivity contribution < 1.29 is 18.7 Å². The van der Waals surface area contributed by atoms with Crippen molar-refractivity contribution in [3.05, 3.63) is 29.5 Å². The molecule has 0 bridgehead atoms. The van der Waals surface area contributed by atoms with E-state index in [9.17, 15) is 4.79 Å². The van der Waals surface area contributed by atoms with Gasteiger partial charge in [-0.1, -0.05) is 0 Å². The van der Waals surface area contributed by atoms with Gasteiger partial charge in [0.25, 0.3) is 5.91 Å².